The van der Waals surface area contributed by atoms with Crippen LogP contribution in [0.2, 0.25) is 0 Å². The summed E-state index contributed by atoms with van der Waals surface area (Å²) in [7, 11) is 0. The first-order chi connectivity index (χ1) is 15.8. The zero-order valence-electron chi connectivity index (χ0n) is 20.7. The minimum absolute atomic E-state index is 0.0648. The lowest BCUT2D eigenvalue weighted by Gasteiger charge is -2.38. The van der Waals surface area contributed by atoms with E-state index < -0.39 is 0 Å². The van der Waals surface area contributed by atoms with Gasteiger partial charge in [-0.05, 0) is 56.4 Å². The van der Waals surface area contributed by atoms with Crippen molar-refractivity contribution in [1.82, 2.24) is 0 Å². The number of anilines is 1. The van der Waals surface area contributed by atoms with Crippen molar-refractivity contribution < 1.29 is 14.6 Å². The molecule has 1 aromatic carbocycles. The molecular weight excluding hydrogens is 398 g/mol. The van der Waals surface area contributed by atoms with E-state index in [4.69, 9.17) is 14.6 Å². The van der Waals surface area contributed by atoms with Crippen LogP contribution in [0.5, 0.6) is 5.75 Å². The molecule has 32 heavy (non-hydrogen) atoms. The molecule has 0 amide bonds. The van der Waals surface area contributed by atoms with Gasteiger partial charge in [0.2, 0.25) is 0 Å². The molecule has 0 aliphatic heterocycles. The third-order valence-corrected chi connectivity index (χ3v) is 6.62. The van der Waals surface area contributed by atoms with Gasteiger partial charge in [-0.2, -0.15) is 0 Å². The van der Waals surface area contributed by atoms with Crippen LogP contribution in [0.15, 0.2) is 24.3 Å². The van der Waals surface area contributed by atoms with Gasteiger partial charge in [0, 0.05) is 5.69 Å². The number of hydrogen-bond donors (Lipinski definition) is 2. The Balaban J connectivity index is 1.53. The maximum Gasteiger partial charge on any atom is 0.138 e. The number of nitrogens with one attached hydrogen (secondary N) is 1. The Morgan fingerprint density at radius 2 is 1.31 bits per heavy atom. The predicted molar refractivity (Wildman–Crippen MR) is 135 cm³/mol. The first-order valence-electron chi connectivity index (χ1n) is 13.5. The third kappa shape index (κ3) is 11.6. The average molecular weight is 448 g/mol. The lowest BCUT2D eigenvalue weighted by atomic mass is 9.91. The van der Waals surface area contributed by atoms with Crippen molar-refractivity contribution in [2.45, 2.75) is 122 Å². The maximum absolute atomic E-state index is 9.16. The van der Waals surface area contributed by atoms with E-state index in [1.54, 1.807) is 0 Å². The Bertz CT molecular complexity index is 554. The Labute approximate surface area is 197 Å². The second-order valence-electron chi connectivity index (χ2n) is 9.51. The smallest absolute Gasteiger partial charge is 0.138 e. The lowest BCUT2D eigenvalue weighted by molar-refractivity contribution is -0.0604. The fraction of sp³-hybridized carbons (Fsp3) is 0.786. The molecule has 1 aliphatic carbocycles. The van der Waals surface area contributed by atoms with E-state index in [1.165, 1.54) is 89.9 Å². The molecule has 4 nitrogen and oxygen atoms in total. The van der Waals surface area contributed by atoms with E-state index in [9.17, 15) is 0 Å². The molecule has 2 N–H and O–H groups in total. The number of ether oxygens (including phenoxy) is 2. The predicted octanol–water partition coefficient (Wildman–Crippen LogP) is 7.85. The summed E-state index contributed by atoms with van der Waals surface area (Å²) < 4.78 is 12.0. The summed E-state index contributed by atoms with van der Waals surface area (Å²) in [5.74, 6) is 0.938. The Hall–Kier alpha value is -1.26. The molecule has 2 rings (SSSR count). The van der Waals surface area contributed by atoms with Gasteiger partial charge in [-0.3, -0.25) is 0 Å². The number of aliphatic hydroxyl groups is 1. The van der Waals surface area contributed by atoms with Crippen molar-refractivity contribution in [3.05, 3.63) is 24.3 Å². The van der Waals surface area contributed by atoms with Crippen LogP contribution in [0.4, 0.5) is 5.69 Å². The normalized spacial score (nSPS) is 15.6. The van der Waals surface area contributed by atoms with Crippen molar-refractivity contribution in [3.63, 3.8) is 0 Å². The molecule has 0 radical (unpaired) electrons. The molecule has 4 heteroatoms. The van der Waals surface area contributed by atoms with Gasteiger partial charge in [-0.25, -0.2) is 0 Å². The first-order valence-corrected chi connectivity index (χ1v) is 13.5. The van der Waals surface area contributed by atoms with Crippen molar-refractivity contribution in [2.24, 2.45) is 0 Å². The summed E-state index contributed by atoms with van der Waals surface area (Å²) in [6.45, 7) is 3.53. The SMILES string of the molecule is CCCCCCCCCCCCCCOc1ccc(NC2(OCCO)CCCCC2)cc1. The van der Waals surface area contributed by atoms with Gasteiger partial charge in [0.1, 0.15) is 11.5 Å². The quantitative estimate of drug-likeness (QED) is 0.167. The maximum atomic E-state index is 9.16. The van der Waals surface area contributed by atoms with Crippen LogP contribution in [0.1, 0.15) is 116 Å². The average Bonchev–Trinajstić information content (AvgIpc) is 2.82. The van der Waals surface area contributed by atoms with Crippen LogP contribution in [0, 0.1) is 0 Å². The Morgan fingerprint density at radius 3 is 1.88 bits per heavy atom. The fourth-order valence-electron chi connectivity index (χ4n) is 4.70. The van der Waals surface area contributed by atoms with Gasteiger partial charge in [-0.1, -0.05) is 84.0 Å². The molecule has 1 fully saturated rings. The summed E-state index contributed by atoms with van der Waals surface area (Å²) in [5.41, 5.74) is 0.723. The van der Waals surface area contributed by atoms with Crippen molar-refractivity contribution in [2.75, 3.05) is 25.1 Å². The molecular formula is C28H49NO3. The van der Waals surface area contributed by atoms with E-state index in [0.717, 1.165) is 37.3 Å². The van der Waals surface area contributed by atoms with E-state index in [0.29, 0.717) is 6.61 Å². The lowest BCUT2D eigenvalue weighted by Crippen LogP contribution is -2.43. The van der Waals surface area contributed by atoms with E-state index in [-0.39, 0.29) is 12.3 Å². The molecule has 0 bridgehead atoms. The van der Waals surface area contributed by atoms with Gasteiger partial charge in [0.15, 0.2) is 0 Å². The standard InChI is InChI=1S/C28H49NO3/c1-2-3-4-5-6-7-8-9-10-11-12-16-24-31-27-19-17-26(18-20-27)29-28(32-25-23-30)21-14-13-15-22-28/h17-20,29-30H,2-16,21-25H2,1H3. The van der Waals surface area contributed by atoms with Crippen LogP contribution < -0.4 is 10.1 Å². The topological polar surface area (TPSA) is 50.7 Å². The summed E-state index contributed by atoms with van der Waals surface area (Å²) >= 11 is 0. The zero-order valence-corrected chi connectivity index (χ0v) is 20.7. The largest absolute Gasteiger partial charge is 0.494 e. The molecule has 0 unspecified atom stereocenters. The zero-order chi connectivity index (χ0) is 22.7. The molecule has 0 spiro atoms. The summed E-state index contributed by atoms with van der Waals surface area (Å²) in [6, 6.07) is 8.25. The molecule has 0 aromatic heterocycles. The Morgan fingerprint density at radius 1 is 0.750 bits per heavy atom. The number of aliphatic hydroxyl groups excluding tert-OH is 1. The second-order valence-corrected chi connectivity index (χ2v) is 9.51. The van der Waals surface area contributed by atoms with Gasteiger partial charge < -0.3 is 19.9 Å². The fourth-order valence-corrected chi connectivity index (χ4v) is 4.70. The Kier molecular flexibility index (Phi) is 14.5. The third-order valence-electron chi connectivity index (χ3n) is 6.62. The highest BCUT2D eigenvalue weighted by Crippen LogP contribution is 2.33. The highest BCUT2D eigenvalue weighted by Gasteiger charge is 2.32. The highest BCUT2D eigenvalue weighted by atomic mass is 16.5. The van der Waals surface area contributed by atoms with Gasteiger partial charge >= 0.3 is 0 Å². The van der Waals surface area contributed by atoms with Gasteiger partial charge in [-0.15, -0.1) is 0 Å². The van der Waals surface area contributed by atoms with Crippen LogP contribution in [0.3, 0.4) is 0 Å². The number of rotatable bonds is 19. The molecule has 0 saturated heterocycles. The summed E-state index contributed by atoms with van der Waals surface area (Å²) in [5, 5.41) is 12.7. The van der Waals surface area contributed by atoms with Gasteiger partial charge in [0.25, 0.3) is 0 Å². The van der Waals surface area contributed by atoms with Crippen LogP contribution in [-0.4, -0.2) is 30.7 Å². The van der Waals surface area contributed by atoms with E-state index in [1.807, 2.05) is 12.1 Å². The summed E-state index contributed by atoms with van der Waals surface area (Å²) in [4.78, 5) is 0. The van der Waals surface area contributed by atoms with Gasteiger partial charge in [0.05, 0.1) is 19.8 Å². The highest BCUT2D eigenvalue weighted by molar-refractivity contribution is 5.48. The molecule has 0 atom stereocenters. The van der Waals surface area contributed by atoms with Crippen LogP contribution in [-0.2, 0) is 4.74 Å². The molecule has 184 valence electrons. The van der Waals surface area contributed by atoms with E-state index >= 15 is 0 Å². The monoisotopic (exact) mass is 447 g/mol. The first kappa shape index (κ1) is 27.0. The molecule has 1 aliphatic rings. The van der Waals surface area contributed by atoms with E-state index in [2.05, 4.69) is 24.4 Å². The van der Waals surface area contributed by atoms with Crippen LogP contribution >= 0.6 is 0 Å². The molecule has 1 aromatic rings. The molecule has 0 heterocycles. The number of unbranched alkanes of at least 4 members (excludes halogenated alkanes) is 11. The molecule has 1 saturated carbocycles. The number of hydrogen-bond acceptors (Lipinski definition) is 4. The minimum atomic E-state index is -0.335. The summed E-state index contributed by atoms with van der Waals surface area (Å²) in [6.07, 6.45) is 21.9. The van der Waals surface area contributed by atoms with Crippen molar-refractivity contribution >= 4 is 5.69 Å². The minimum Gasteiger partial charge on any atom is -0.494 e. The second kappa shape index (κ2) is 17.2. The van der Waals surface area contributed by atoms with Crippen molar-refractivity contribution in [1.29, 1.82) is 0 Å². The van der Waals surface area contributed by atoms with Crippen LogP contribution in [0.25, 0.3) is 0 Å². The number of benzene rings is 1. The van der Waals surface area contributed by atoms with Crippen molar-refractivity contribution in [3.8, 4) is 5.75 Å².